The summed E-state index contributed by atoms with van der Waals surface area (Å²) in [7, 11) is 0. The Kier molecular flexibility index (Phi) is 4.72. The normalized spacial score (nSPS) is 13.1. The van der Waals surface area contributed by atoms with Gasteiger partial charge < -0.3 is 14.8 Å². The number of fused-ring (bicyclic) bond motifs is 1. The first-order valence-corrected chi connectivity index (χ1v) is 5.00. The summed E-state index contributed by atoms with van der Waals surface area (Å²) in [6.45, 7) is 5.19. The van der Waals surface area contributed by atoms with Crippen LogP contribution in [0, 0.1) is 0 Å². The zero-order chi connectivity index (χ0) is 9.80. The molecule has 0 saturated carbocycles. The van der Waals surface area contributed by atoms with Gasteiger partial charge in [-0.1, -0.05) is 19.1 Å². The van der Waals surface area contributed by atoms with Crippen LogP contribution in [-0.4, -0.2) is 19.8 Å². The second-order valence-corrected chi connectivity index (χ2v) is 3.22. The second-order valence-electron chi connectivity index (χ2n) is 3.22. The summed E-state index contributed by atoms with van der Waals surface area (Å²) in [6.07, 6.45) is 0. The Morgan fingerprint density at radius 2 is 2.07 bits per heavy atom. The van der Waals surface area contributed by atoms with E-state index in [1.54, 1.807) is 0 Å². The molecule has 0 unspecified atom stereocenters. The van der Waals surface area contributed by atoms with Crippen LogP contribution in [0.1, 0.15) is 12.5 Å². The van der Waals surface area contributed by atoms with Gasteiger partial charge in [0, 0.05) is 12.1 Å². The fraction of sp³-hybridized carbons (Fsp3) is 0.455. The largest absolute Gasteiger partial charge is 0.486 e. The van der Waals surface area contributed by atoms with Gasteiger partial charge in [-0.15, -0.1) is 12.4 Å². The number of halogens is 1. The van der Waals surface area contributed by atoms with Crippen LogP contribution in [0.4, 0.5) is 0 Å². The third-order valence-electron chi connectivity index (χ3n) is 2.21. The summed E-state index contributed by atoms with van der Waals surface area (Å²) >= 11 is 0. The van der Waals surface area contributed by atoms with Crippen molar-refractivity contribution in [2.24, 2.45) is 0 Å². The molecule has 0 spiro atoms. The number of hydrogen-bond acceptors (Lipinski definition) is 3. The van der Waals surface area contributed by atoms with Crippen LogP contribution in [0.5, 0.6) is 11.5 Å². The van der Waals surface area contributed by atoms with Crippen molar-refractivity contribution < 1.29 is 9.47 Å². The Labute approximate surface area is 96.2 Å². The summed E-state index contributed by atoms with van der Waals surface area (Å²) in [4.78, 5) is 0. The van der Waals surface area contributed by atoms with E-state index in [2.05, 4.69) is 18.3 Å². The summed E-state index contributed by atoms with van der Waals surface area (Å²) in [5, 5.41) is 3.28. The Hall–Kier alpha value is -0.930. The fourth-order valence-electron chi connectivity index (χ4n) is 1.53. The van der Waals surface area contributed by atoms with Crippen LogP contribution in [-0.2, 0) is 6.54 Å². The van der Waals surface area contributed by atoms with Crippen LogP contribution in [0.2, 0.25) is 0 Å². The number of nitrogens with one attached hydrogen (secondary N) is 1. The molecule has 0 aliphatic carbocycles. The van der Waals surface area contributed by atoms with Gasteiger partial charge in [0.15, 0.2) is 11.5 Å². The van der Waals surface area contributed by atoms with Gasteiger partial charge in [0.2, 0.25) is 0 Å². The Bertz CT molecular complexity index is 317. The number of benzene rings is 1. The maximum absolute atomic E-state index is 5.59. The smallest absolute Gasteiger partial charge is 0.165 e. The van der Waals surface area contributed by atoms with Crippen molar-refractivity contribution in [3.05, 3.63) is 23.8 Å². The molecule has 0 bridgehead atoms. The third kappa shape index (κ3) is 2.76. The van der Waals surface area contributed by atoms with E-state index >= 15 is 0 Å². The topological polar surface area (TPSA) is 30.5 Å². The van der Waals surface area contributed by atoms with E-state index in [4.69, 9.17) is 9.47 Å². The second kappa shape index (κ2) is 5.83. The highest BCUT2D eigenvalue weighted by Gasteiger charge is 2.14. The molecule has 1 aromatic rings. The lowest BCUT2D eigenvalue weighted by Crippen LogP contribution is -2.19. The minimum atomic E-state index is 0. The highest BCUT2D eigenvalue weighted by molar-refractivity contribution is 5.85. The van der Waals surface area contributed by atoms with Crippen molar-refractivity contribution in [2.75, 3.05) is 19.8 Å². The van der Waals surface area contributed by atoms with Gasteiger partial charge in [-0.05, 0) is 12.6 Å². The average Bonchev–Trinajstić information content (AvgIpc) is 2.26. The lowest BCUT2D eigenvalue weighted by atomic mass is 10.1. The first-order valence-electron chi connectivity index (χ1n) is 5.00. The zero-order valence-electron chi connectivity index (χ0n) is 8.79. The monoisotopic (exact) mass is 229 g/mol. The van der Waals surface area contributed by atoms with Crippen molar-refractivity contribution in [3.8, 4) is 11.5 Å². The van der Waals surface area contributed by atoms with Gasteiger partial charge in [-0.25, -0.2) is 0 Å². The summed E-state index contributed by atoms with van der Waals surface area (Å²) < 4.78 is 11.1. The molecule has 0 atom stereocenters. The minimum Gasteiger partial charge on any atom is -0.486 e. The number of ether oxygens (including phenoxy) is 2. The van der Waals surface area contributed by atoms with E-state index in [0.29, 0.717) is 13.2 Å². The van der Waals surface area contributed by atoms with E-state index in [-0.39, 0.29) is 12.4 Å². The number of para-hydroxylation sites is 1. The number of rotatable bonds is 3. The molecule has 0 radical (unpaired) electrons. The maximum Gasteiger partial charge on any atom is 0.165 e. The van der Waals surface area contributed by atoms with E-state index in [0.717, 1.165) is 24.6 Å². The van der Waals surface area contributed by atoms with Gasteiger partial charge in [0.25, 0.3) is 0 Å². The van der Waals surface area contributed by atoms with Gasteiger partial charge in [0.05, 0.1) is 0 Å². The lowest BCUT2D eigenvalue weighted by Gasteiger charge is -2.20. The lowest BCUT2D eigenvalue weighted by molar-refractivity contribution is 0.169. The average molecular weight is 230 g/mol. The quantitative estimate of drug-likeness (QED) is 0.860. The molecule has 0 amide bonds. The summed E-state index contributed by atoms with van der Waals surface area (Å²) in [5.41, 5.74) is 1.17. The molecule has 0 saturated heterocycles. The van der Waals surface area contributed by atoms with Crippen LogP contribution in [0.25, 0.3) is 0 Å². The summed E-state index contributed by atoms with van der Waals surface area (Å²) in [6, 6.07) is 6.01. The predicted octanol–water partition coefficient (Wildman–Crippen LogP) is 1.99. The molecular weight excluding hydrogens is 214 g/mol. The number of hydrogen-bond donors (Lipinski definition) is 1. The van der Waals surface area contributed by atoms with Gasteiger partial charge in [-0.2, -0.15) is 0 Å². The van der Waals surface area contributed by atoms with E-state index in [1.807, 2.05) is 12.1 Å². The standard InChI is InChI=1S/C11H15NO2.ClH/c1-2-12-8-9-4-3-5-10-11(9)14-7-6-13-10;/h3-5,12H,2,6-8H2,1H3;1H. The van der Waals surface area contributed by atoms with E-state index < -0.39 is 0 Å². The van der Waals surface area contributed by atoms with Crippen molar-refractivity contribution >= 4 is 12.4 Å². The Morgan fingerprint density at radius 1 is 1.27 bits per heavy atom. The molecule has 4 heteroatoms. The molecule has 1 aliphatic heterocycles. The fourth-order valence-corrected chi connectivity index (χ4v) is 1.53. The Balaban J connectivity index is 0.00000112. The van der Waals surface area contributed by atoms with Crippen LogP contribution in [0.3, 0.4) is 0 Å². The predicted molar refractivity (Wildman–Crippen MR) is 62.1 cm³/mol. The molecular formula is C11H16ClNO2. The molecule has 0 fully saturated rings. The minimum absolute atomic E-state index is 0. The molecule has 0 aromatic heterocycles. The highest BCUT2D eigenvalue weighted by atomic mass is 35.5. The molecule has 1 heterocycles. The van der Waals surface area contributed by atoms with Crippen molar-refractivity contribution in [1.29, 1.82) is 0 Å². The molecule has 1 N–H and O–H groups in total. The van der Waals surface area contributed by atoms with Crippen LogP contribution < -0.4 is 14.8 Å². The molecule has 15 heavy (non-hydrogen) atoms. The van der Waals surface area contributed by atoms with Gasteiger partial charge in [0.1, 0.15) is 13.2 Å². The van der Waals surface area contributed by atoms with Crippen molar-refractivity contribution in [2.45, 2.75) is 13.5 Å². The zero-order valence-corrected chi connectivity index (χ0v) is 9.60. The molecule has 3 nitrogen and oxygen atoms in total. The molecule has 84 valence electrons. The van der Waals surface area contributed by atoms with Crippen LogP contribution >= 0.6 is 12.4 Å². The van der Waals surface area contributed by atoms with Crippen molar-refractivity contribution in [3.63, 3.8) is 0 Å². The SMILES string of the molecule is CCNCc1cccc2c1OCCO2.Cl. The van der Waals surface area contributed by atoms with Gasteiger partial charge >= 0.3 is 0 Å². The first kappa shape index (κ1) is 12.1. The first-order chi connectivity index (χ1) is 6.92. The van der Waals surface area contributed by atoms with E-state index in [9.17, 15) is 0 Å². The Morgan fingerprint density at radius 3 is 2.87 bits per heavy atom. The molecule has 1 aliphatic rings. The maximum atomic E-state index is 5.59. The summed E-state index contributed by atoms with van der Waals surface area (Å²) in [5.74, 6) is 1.77. The molecule has 1 aromatic carbocycles. The van der Waals surface area contributed by atoms with E-state index in [1.165, 1.54) is 5.56 Å². The highest BCUT2D eigenvalue weighted by Crippen LogP contribution is 2.33. The molecule has 2 rings (SSSR count). The van der Waals surface area contributed by atoms with Crippen molar-refractivity contribution in [1.82, 2.24) is 5.32 Å². The van der Waals surface area contributed by atoms with Crippen LogP contribution in [0.15, 0.2) is 18.2 Å². The van der Waals surface area contributed by atoms with Gasteiger partial charge in [-0.3, -0.25) is 0 Å². The third-order valence-corrected chi connectivity index (χ3v) is 2.21.